The summed E-state index contributed by atoms with van der Waals surface area (Å²) in [6.07, 6.45) is 8.32. The topological polar surface area (TPSA) is 0 Å². The minimum Gasteiger partial charge on any atom is -0.0648 e. The van der Waals surface area contributed by atoms with Crippen LogP contribution >= 0.6 is 0 Å². The van der Waals surface area contributed by atoms with Gasteiger partial charge in [-0.1, -0.05) is 114 Å². The van der Waals surface area contributed by atoms with Gasteiger partial charge in [0.15, 0.2) is 0 Å². The van der Waals surface area contributed by atoms with E-state index < -0.39 is 0 Å². The van der Waals surface area contributed by atoms with Gasteiger partial charge in [-0.2, -0.15) is 0 Å². The van der Waals surface area contributed by atoms with Crippen molar-refractivity contribution < 1.29 is 0 Å². The van der Waals surface area contributed by atoms with Gasteiger partial charge in [0.05, 0.1) is 0 Å². The summed E-state index contributed by atoms with van der Waals surface area (Å²) in [5, 5.41) is 0. The van der Waals surface area contributed by atoms with Crippen molar-refractivity contribution in [1.29, 1.82) is 0 Å². The quantitative estimate of drug-likeness (QED) is 0.214. The van der Waals surface area contributed by atoms with E-state index in [1.54, 1.807) is 44.5 Å². The third kappa shape index (κ3) is 7.02. The maximum atomic E-state index is 2.55. The first-order chi connectivity index (χ1) is 18.6. The van der Waals surface area contributed by atoms with Crippen LogP contribution in [-0.2, 0) is 0 Å². The lowest BCUT2D eigenvalue weighted by molar-refractivity contribution is 0.609. The van der Waals surface area contributed by atoms with Crippen LogP contribution in [0, 0.1) is 0 Å². The molecule has 6 atom stereocenters. The lowest BCUT2D eigenvalue weighted by Crippen LogP contribution is -2.19. The summed E-state index contributed by atoms with van der Waals surface area (Å²) >= 11 is 0. The molecule has 0 saturated carbocycles. The Morgan fingerprint density at radius 3 is 0.769 bits per heavy atom. The minimum absolute atomic E-state index is 0.444. The molecule has 0 bridgehead atoms. The third-order valence-electron chi connectivity index (χ3n) is 10.6. The zero-order valence-corrected chi connectivity index (χ0v) is 28.3. The molecule has 0 radical (unpaired) electrons. The number of rotatable bonds is 15. The zero-order chi connectivity index (χ0) is 29.4. The molecule has 0 saturated heterocycles. The highest BCUT2D eigenvalue weighted by atomic mass is 14.4. The Bertz CT molecular complexity index is 945. The van der Waals surface area contributed by atoms with Gasteiger partial charge >= 0.3 is 0 Å². The Morgan fingerprint density at radius 2 is 0.564 bits per heavy atom. The summed E-state index contributed by atoms with van der Waals surface area (Å²) in [5.41, 5.74) is 13.2. The molecule has 2 rings (SSSR count). The summed E-state index contributed by atoms with van der Waals surface area (Å²) in [5.74, 6) is 3.90. The van der Waals surface area contributed by atoms with E-state index in [0.29, 0.717) is 41.4 Å². The molecule has 0 heteroatoms. The van der Waals surface area contributed by atoms with Crippen LogP contribution in [0.15, 0.2) is 24.3 Å². The number of hydrogen-bond donors (Lipinski definition) is 0. The van der Waals surface area contributed by atoms with Crippen molar-refractivity contribution in [3.8, 4) is 0 Å². The molecule has 0 amide bonds. The molecule has 0 aliphatic carbocycles. The van der Waals surface area contributed by atoms with E-state index in [-0.39, 0.29) is 0 Å². The number of benzene rings is 2. The summed E-state index contributed by atoms with van der Waals surface area (Å²) in [6.45, 7) is 31.6. The fourth-order valence-electron chi connectivity index (χ4n) is 6.78. The van der Waals surface area contributed by atoms with Gasteiger partial charge in [-0.05, 0) is 125 Å². The van der Waals surface area contributed by atoms with E-state index in [4.69, 9.17) is 0 Å². The average molecular weight is 533 g/mol. The number of hydrogen-bond acceptors (Lipinski definition) is 0. The highest BCUT2D eigenvalue weighted by Crippen LogP contribution is 2.49. The van der Waals surface area contributed by atoms with Gasteiger partial charge < -0.3 is 0 Å². The second-order valence-corrected chi connectivity index (χ2v) is 13.0. The smallest absolute Gasteiger partial charge is 0.00982 e. The van der Waals surface area contributed by atoms with Crippen LogP contribution < -0.4 is 0 Å². The Labute approximate surface area is 244 Å². The molecule has 6 unspecified atom stereocenters. The van der Waals surface area contributed by atoms with Crippen LogP contribution in [0.3, 0.4) is 0 Å². The molecule has 220 valence electrons. The third-order valence-corrected chi connectivity index (χ3v) is 10.6. The normalized spacial score (nSPS) is 17.4. The summed E-state index contributed by atoms with van der Waals surface area (Å²) in [6, 6.07) is 10.1. The van der Waals surface area contributed by atoms with Crippen molar-refractivity contribution in [1.82, 2.24) is 0 Å². The molecule has 2 aromatic rings. The predicted molar refractivity (Wildman–Crippen MR) is 177 cm³/mol. The molecule has 0 fully saturated rings. The van der Waals surface area contributed by atoms with Crippen molar-refractivity contribution in [3.63, 3.8) is 0 Å². The Balaban J connectivity index is 3.21. The minimum atomic E-state index is 0.444. The molecule has 0 N–H and O–H groups in total. The molecular weight excluding hydrogens is 468 g/mol. The second-order valence-electron chi connectivity index (χ2n) is 13.0. The first kappa shape index (κ1) is 33.6. The van der Waals surface area contributed by atoms with Crippen molar-refractivity contribution in [2.24, 2.45) is 0 Å². The summed E-state index contributed by atoms with van der Waals surface area (Å²) in [7, 11) is 0. The molecule has 2 aromatic carbocycles. The molecule has 0 heterocycles. The Morgan fingerprint density at radius 1 is 0.333 bits per heavy atom. The molecule has 0 nitrogen and oxygen atoms in total. The molecule has 0 spiro atoms. The van der Waals surface area contributed by atoms with Crippen LogP contribution in [0.2, 0.25) is 0 Å². The Kier molecular flexibility index (Phi) is 13.3. The van der Waals surface area contributed by atoms with E-state index in [2.05, 4.69) is 114 Å². The SMILES string of the molecule is CCC(C)c1ccc(C(C)CC)c(C(CC)c2c(C(C)CC)ccc(C(C)CC)c2C(C)CC)c1C(C)CC. The van der Waals surface area contributed by atoms with Crippen LogP contribution in [0.5, 0.6) is 0 Å². The Hall–Kier alpha value is -1.56. The molecule has 39 heavy (non-hydrogen) atoms. The van der Waals surface area contributed by atoms with E-state index in [1.807, 2.05) is 0 Å². The summed E-state index contributed by atoms with van der Waals surface area (Å²) < 4.78 is 0. The van der Waals surface area contributed by atoms with Gasteiger partial charge in [0, 0.05) is 5.92 Å². The largest absolute Gasteiger partial charge is 0.0648 e. The van der Waals surface area contributed by atoms with E-state index >= 15 is 0 Å². The fraction of sp³-hybridized carbons (Fsp3) is 0.692. The van der Waals surface area contributed by atoms with Gasteiger partial charge in [0.2, 0.25) is 0 Å². The van der Waals surface area contributed by atoms with Crippen LogP contribution in [-0.4, -0.2) is 0 Å². The lowest BCUT2D eigenvalue weighted by Gasteiger charge is -2.36. The van der Waals surface area contributed by atoms with Gasteiger partial charge in [0.25, 0.3) is 0 Å². The fourth-order valence-corrected chi connectivity index (χ4v) is 6.78. The predicted octanol–water partition coefficient (Wildman–Crippen LogP) is 13.3. The monoisotopic (exact) mass is 533 g/mol. The van der Waals surface area contributed by atoms with E-state index in [9.17, 15) is 0 Å². The second kappa shape index (κ2) is 15.4. The average Bonchev–Trinajstić information content (AvgIpc) is 2.98. The maximum Gasteiger partial charge on any atom is 0.00982 e. The van der Waals surface area contributed by atoms with Gasteiger partial charge in [0.1, 0.15) is 0 Å². The highest BCUT2D eigenvalue weighted by molar-refractivity contribution is 5.56. The van der Waals surface area contributed by atoms with E-state index in [0.717, 1.165) is 6.42 Å². The van der Waals surface area contributed by atoms with E-state index in [1.165, 1.54) is 38.5 Å². The first-order valence-electron chi connectivity index (χ1n) is 16.9. The van der Waals surface area contributed by atoms with Crippen LogP contribution in [0.4, 0.5) is 0 Å². The molecular formula is C39H64. The van der Waals surface area contributed by atoms with Crippen LogP contribution in [0.1, 0.15) is 221 Å². The first-order valence-corrected chi connectivity index (χ1v) is 16.9. The zero-order valence-electron chi connectivity index (χ0n) is 28.3. The molecule has 0 aliphatic heterocycles. The van der Waals surface area contributed by atoms with Gasteiger partial charge in [-0.25, -0.2) is 0 Å². The van der Waals surface area contributed by atoms with Crippen LogP contribution in [0.25, 0.3) is 0 Å². The van der Waals surface area contributed by atoms with Crippen molar-refractivity contribution >= 4 is 0 Å². The van der Waals surface area contributed by atoms with Gasteiger partial charge in [-0.15, -0.1) is 0 Å². The summed E-state index contributed by atoms with van der Waals surface area (Å²) in [4.78, 5) is 0. The van der Waals surface area contributed by atoms with Gasteiger partial charge in [-0.3, -0.25) is 0 Å². The van der Waals surface area contributed by atoms with Crippen molar-refractivity contribution in [3.05, 3.63) is 68.8 Å². The van der Waals surface area contributed by atoms with Crippen molar-refractivity contribution in [2.45, 2.75) is 176 Å². The lowest BCUT2D eigenvalue weighted by atomic mass is 9.68. The molecule has 0 aliphatic rings. The highest BCUT2D eigenvalue weighted by Gasteiger charge is 2.32. The standard InChI is InChI=1S/C39H64/c1-14-25(8)32-21-23-34(27(10)16-3)38(36(32)29(12)18-5)31(20-7)39-35(28(11)17-4)24-22-33(26(9)15-2)37(39)30(13)19-6/h21-31H,14-20H2,1-13H3. The maximum absolute atomic E-state index is 2.55. The van der Waals surface area contributed by atoms with Crippen molar-refractivity contribution in [2.75, 3.05) is 0 Å². The molecule has 0 aromatic heterocycles.